The van der Waals surface area contributed by atoms with Gasteiger partial charge in [-0.15, -0.1) is 0 Å². The molecule has 32 heavy (non-hydrogen) atoms. The first kappa shape index (κ1) is 20.9. The van der Waals surface area contributed by atoms with E-state index in [4.69, 9.17) is 9.47 Å². The molecule has 0 bridgehead atoms. The van der Waals surface area contributed by atoms with E-state index >= 15 is 0 Å². The monoisotopic (exact) mass is 438 g/mol. The number of para-hydroxylation sites is 1. The second-order valence-corrected chi connectivity index (χ2v) is 11.4. The number of carbonyl (C=O) groups is 1. The molecule has 5 nitrogen and oxygen atoms in total. The number of ketones is 1. The van der Waals surface area contributed by atoms with E-state index in [-0.39, 0.29) is 29.1 Å². The average molecular weight is 439 g/mol. The maximum Gasteiger partial charge on any atom is 0.264 e. The highest BCUT2D eigenvalue weighted by molar-refractivity contribution is 5.91. The topological polar surface area (TPSA) is 79.3 Å². The summed E-state index contributed by atoms with van der Waals surface area (Å²) in [5.74, 6) is 0.900. The number of aliphatic hydroxyl groups is 2. The van der Waals surface area contributed by atoms with Crippen LogP contribution in [0.1, 0.15) is 58.8 Å². The fourth-order valence-corrected chi connectivity index (χ4v) is 8.70. The van der Waals surface area contributed by atoms with E-state index in [2.05, 4.69) is 13.8 Å². The lowest BCUT2D eigenvalue weighted by atomic mass is 9.45. The summed E-state index contributed by atoms with van der Waals surface area (Å²) >= 11 is 0. The minimum atomic E-state index is -1.04. The number of benzene rings is 1. The fraction of sp³-hybridized carbons (Fsp3) is 0.667. The van der Waals surface area contributed by atoms with Crippen LogP contribution in [0.5, 0.6) is 5.75 Å². The minimum absolute atomic E-state index is 0.0909. The van der Waals surface area contributed by atoms with Crippen LogP contribution in [0.2, 0.25) is 0 Å². The van der Waals surface area contributed by atoms with Gasteiger partial charge in [-0.2, -0.15) is 0 Å². The van der Waals surface area contributed by atoms with Crippen LogP contribution in [0.3, 0.4) is 0 Å². The Balaban J connectivity index is 1.34. The Morgan fingerprint density at radius 2 is 1.91 bits per heavy atom. The van der Waals surface area contributed by atoms with E-state index in [9.17, 15) is 15.0 Å². The van der Waals surface area contributed by atoms with Gasteiger partial charge in [-0.3, -0.25) is 4.79 Å². The Kier molecular flexibility index (Phi) is 4.36. The molecule has 5 heteroatoms. The lowest BCUT2D eigenvalue weighted by Gasteiger charge is -2.59. The minimum Gasteiger partial charge on any atom is -0.457 e. The molecule has 1 aromatic rings. The zero-order chi connectivity index (χ0) is 22.4. The van der Waals surface area contributed by atoms with Gasteiger partial charge in [0.05, 0.1) is 6.10 Å². The first-order valence-corrected chi connectivity index (χ1v) is 12.3. The molecule has 0 aromatic heterocycles. The maximum absolute atomic E-state index is 12.1. The van der Waals surface area contributed by atoms with E-state index in [1.807, 2.05) is 36.4 Å². The summed E-state index contributed by atoms with van der Waals surface area (Å²) in [6.45, 7) is 4.35. The predicted molar refractivity (Wildman–Crippen MR) is 119 cm³/mol. The highest BCUT2D eigenvalue weighted by Crippen LogP contribution is 2.75. The molecule has 6 rings (SSSR count). The lowest BCUT2D eigenvalue weighted by molar-refractivity contribution is -0.136. The van der Waals surface area contributed by atoms with E-state index in [0.29, 0.717) is 30.4 Å². The number of ether oxygens (including phenoxy) is 2. The van der Waals surface area contributed by atoms with Gasteiger partial charge in [0.1, 0.15) is 18.0 Å². The molecular formula is C27H34O5. The summed E-state index contributed by atoms with van der Waals surface area (Å²) in [6.07, 6.45) is 7.34. The van der Waals surface area contributed by atoms with Gasteiger partial charge in [0, 0.05) is 11.8 Å². The van der Waals surface area contributed by atoms with Gasteiger partial charge in [-0.05, 0) is 79.9 Å². The zero-order valence-corrected chi connectivity index (χ0v) is 19.0. The van der Waals surface area contributed by atoms with Crippen molar-refractivity contribution in [3.8, 4) is 5.75 Å². The van der Waals surface area contributed by atoms with Crippen molar-refractivity contribution in [2.24, 2.45) is 28.6 Å². The Bertz CT molecular complexity index is 974. The summed E-state index contributed by atoms with van der Waals surface area (Å²) in [6, 6.07) is 9.58. The van der Waals surface area contributed by atoms with Crippen molar-refractivity contribution in [2.75, 3.05) is 6.61 Å². The standard InChI is InChI=1S/C27H34O5/c1-24-12-10-18(29)14-17(24)8-9-20-21-11-13-26(25(21,2)15-22(30)23(20)24)27(16-28,32-26)31-19-6-4-3-5-7-19/h3-7,14,20-23,28,30H,8-13,15-16H2,1-2H3/t20-,21-,22-,23+,24-,25-,26+,27-/m0/s1. The Morgan fingerprint density at radius 1 is 1.12 bits per heavy atom. The number of allylic oxidation sites excluding steroid dienone is 1. The van der Waals surface area contributed by atoms with Crippen LogP contribution in [0.25, 0.3) is 0 Å². The van der Waals surface area contributed by atoms with E-state index in [1.54, 1.807) is 0 Å². The number of fused-ring (bicyclic) bond motifs is 6. The number of carbonyl (C=O) groups excluding carboxylic acids is 1. The quantitative estimate of drug-likeness (QED) is 0.697. The van der Waals surface area contributed by atoms with Gasteiger partial charge in [0.2, 0.25) is 0 Å². The van der Waals surface area contributed by atoms with Crippen molar-refractivity contribution in [1.82, 2.24) is 0 Å². The van der Waals surface area contributed by atoms with Crippen LogP contribution < -0.4 is 4.74 Å². The van der Waals surface area contributed by atoms with Crippen LogP contribution in [0.4, 0.5) is 0 Å². The summed E-state index contributed by atoms with van der Waals surface area (Å²) in [5.41, 5.74) is 0.338. The van der Waals surface area contributed by atoms with Crippen molar-refractivity contribution in [1.29, 1.82) is 0 Å². The zero-order valence-electron chi connectivity index (χ0n) is 19.0. The van der Waals surface area contributed by atoms with E-state index in [0.717, 1.165) is 32.1 Å². The van der Waals surface area contributed by atoms with Gasteiger partial charge in [-0.25, -0.2) is 0 Å². The Hall–Kier alpha value is -1.69. The SMILES string of the molecule is C[C@]12CCC(=O)C=C1CC[C@@H]1[C@@H]2[C@@H](O)C[C@@]2(C)[C@H]1CC[C@@]21O[C@]1(CO)Oc1ccccc1. The van der Waals surface area contributed by atoms with Crippen molar-refractivity contribution in [3.05, 3.63) is 42.0 Å². The molecule has 0 radical (unpaired) electrons. The third-order valence-corrected chi connectivity index (χ3v) is 10.2. The molecule has 1 spiro atoms. The smallest absolute Gasteiger partial charge is 0.264 e. The molecule has 1 aromatic carbocycles. The summed E-state index contributed by atoms with van der Waals surface area (Å²) in [5, 5.41) is 22.0. The van der Waals surface area contributed by atoms with Gasteiger partial charge >= 0.3 is 0 Å². The third kappa shape index (κ3) is 2.48. The molecule has 172 valence electrons. The van der Waals surface area contributed by atoms with Crippen molar-refractivity contribution in [3.63, 3.8) is 0 Å². The highest BCUT2D eigenvalue weighted by atomic mass is 16.8. The maximum atomic E-state index is 12.1. The van der Waals surface area contributed by atoms with Crippen LogP contribution in [0, 0.1) is 28.6 Å². The molecule has 0 unspecified atom stereocenters. The largest absolute Gasteiger partial charge is 0.457 e. The van der Waals surface area contributed by atoms with E-state index in [1.165, 1.54) is 5.57 Å². The van der Waals surface area contributed by atoms with Crippen molar-refractivity contribution < 1.29 is 24.5 Å². The lowest BCUT2D eigenvalue weighted by Crippen LogP contribution is -2.59. The van der Waals surface area contributed by atoms with E-state index < -0.39 is 17.5 Å². The highest BCUT2D eigenvalue weighted by Gasteiger charge is 2.84. The first-order valence-electron chi connectivity index (χ1n) is 12.3. The fourth-order valence-electron chi connectivity index (χ4n) is 8.70. The number of epoxide rings is 1. The number of rotatable bonds is 3. The van der Waals surface area contributed by atoms with Crippen molar-refractivity contribution >= 4 is 5.78 Å². The third-order valence-electron chi connectivity index (χ3n) is 10.2. The Morgan fingerprint density at radius 3 is 2.66 bits per heavy atom. The van der Waals surface area contributed by atoms with Crippen LogP contribution in [-0.2, 0) is 9.53 Å². The number of hydrogen-bond acceptors (Lipinski definition) is 5. The predicted octanol–water partition coefficient (Wildman–Crippen LogP) is 4.03. The molecule has 1 heterocycles. The summed E-state index contributed by atoms with van der Waals surface area (Å²) < 4.78 is 12.7. The van der Waals surface area contributed by atoms with Gasteiger partial charge in [0.25, 0.3) is 5.79 Å². The second kappa shape index (κ2) is 6.68. The molecule has 1 aliphatic heterocycles. The van der Waals surface area contributed by atoms with Crippen LogP contribution in [-0.4, -0.2) is 40.1 Å². The molecule has 1 saturated heterocycles. The van der Waals surface area contributed by atoms with Gasteiger partial charge < -0.3 is 19.7 Å². The molecule has 0 amide bonds. The first-order chi connectivity index (χ1) is 15.3. The number of aliphatic hydroxyl groups excluding tert-OH is 2. The summed E-state index contributed by atoms with van der Waals surface area (Å²) in [7, 11) is 0. The molecule has 8 atom stereocenters. The van der Waals surface area contributed by atoms with Crippen molar-refractivity contribution in [2.45, 2.75) is 76.3 Å². The van der Waals surface area contributed by atoms with Crippen LogP contribution >= 0.6 is 0 Å². The molecule has 2 N–H and O–H groups in total. The molecule has 4 fully saturated rings. The molecular weight excluding hydrogens is 404 g/mol. The van der Waals surface area contributed by atoms with Gasteiger partial charge in [-0.1, -0.05) is 37.6 Å². The number of hydrogen-bond donors (Lipinski definition) is 2. The molecule has 3 saturated carbocycles. The molecule has 4 aliphatic carbocycles. The van der Waals surface area contributed by atoms with Crippen LogP contribution in [0.15, 0.2) is 42.0 Å². The molecule has 5 aliphatic rings. The second-order valence-electron chi connectivity index (χ2n) is 11.4. The van der Waals surface area contributed by atoms with Gasteiger partial charge in [0.15, 0.2) is 5.78 Å². The average Bonchev–Trinajstić information content (AvgIpc) is 3.33. The normalized spacial score (nSPS) is 49.1. The summed E-state index contributed by atoms with van der Waals surface area (Å²) in [4.78, 5) is 12.1. The Labute approximate surface area is 189 Å².